The van der Waals surface area contributed by atoms with Crippen LogP contribution in [0.25, 0.3) is 0 Å². The van der Waals surface area contributed by atoms with Gasteiger partial charge in [-0.1, -0.05) is 50.5 Å². The zero-order valence-corrected chi connectivity index (χ0v) is 20.4. The minimum Gasteiger partial charge on any atom is -0.497 e. The second-order valence-corrected chi connectivity index (χ2v) is 8.58. The van der Waals surface area contributed by atoms with Gasteiger partial charge in [-0.2, -0.15) is 0 Å². The first-order chi connectivity index (χ1) is 16.5. The van der Waals surface area contributed by atoms with Gasteiger partial charge in [0, 0.05) is 12.6 Å². The molecule has 1 saturated carbocycles. The van der Waals surface area contributed by atoms with Crippen LogP contribution in [0.4, 0.5) is 0 Å². The van der Waals surface area contributed by atoms with Crippen LogP contribution >= 0.6 is 0 Å². The van der Waals surface area contributed by atoms with Gasteiger partial charge in [-0.05, 0) is 49.1 Å². The quantitative estimate of drug-likeness (QED) is 0.531. The number of amides is 2. The Kier molecular flexibility index (Phi) is 9.62. The molecule has 0 bridgehead atoms. The maximum absolute atomic E-state index is 13.4. The van der Waals surface area contributed by atoms with Gasteiger partial charge in [0.1, 0.15) is 11.8 Å². The molecule has 184 valence electrons. The standard InChI is InChI=1S/C27H36N2O5/c1-4-23(27(31)28-21-10-6-5-7-11-21)29(18-20-14-16-22(32-2)17-15-20)26(30)19-34-25-13-9-8-12-24(25)33-3/h8-9,12-17,21,23H,4-7,10-11,18-19H2,1-3H3,(H,28,31)/t23-/m1/s1. The predicted molar refractivity (Wildman–Crippen MR) is 131 cm³/mol. The smallest absolute Gasteiger partial charge is 0.261 e. The third-order valence-corrected chi connectivity index (χ3v) is 6.27. The van der Waals surface area contributed by atoms with E-state index in [1.807, 2.05) is 43.3 Å². The number of rotatable bonds is 11. The minimum atomic E-state index is -0.585. The molecular formula is C27H36N2O5. The molecule has 3 rings (SSSR count). The van der Waals surface area contributed by atoms with Crippen LogP contribution in [0.5, 0.6) is 17.2 Å². The van der Waals surface area contributed by atoms with Gasteiger partial charge in [-0.3, -0.25) is 9.59 Å². The summed E-state index contributed by atoms with van der Waals surface area (Å²) in [6, 6.07) is 14.3. The molecule has 0 spiro atoms. The Morgan fingerprint density at radius 2 is 1.65 bits per heavy atom. The summed E-state index contributed by atoms with van der Waals surface area (Å²) >= 11 is 0. The van der Waals surface area contributed by atoms with Crippen molar-refractivity contribution in [1.29, 1.82) is 0 Å². The molecule has 34 heavy (non-hydrogen) atoms. The zero-order valence-electron chi connectivity index (χ0n) is 20.4. The third kappa shape index (κ3) is 6.89. The normalized spacial score (nSPS) is 14.7. The number of hydrogen-bond donors (Lipinski definition) is 1. The van der Waals surface area contributed by atoms with E-state index in [4.69, 9.17) is 14.2 Å². The molecule has 1 aliphatic carbocycles. The Hall–Kier alpha value is -3.22. The molecule has 0 heterocycles. The topological polar surface area (TPSA) is 77.1 Å². The van der Waals surface area contributed by atoms with E-state index >= 15 is 0 Å². The van der Waals surface area contributed by atoms with E-state index in [0.717, 1.165) is 37.0 Å². The highest BCUT2D eigenvalue weighted by Crippen LogP contribution is 2.26. The fraction of sp³-hybridized carbons (Fsp3) is 0.481. The summed E-state index contributed by atoms with van der Waals surface area (Å²) in [7, 11) is 3.17. The first-order valence-electron chi connectivity index (χ1n) is 12.0. The lowest BCUT2D eigenvalue weighted by Crippen LogP contribution is -2.52. The molecule has 0 radical (unpaired) electrons. The van der Waals surface area contributed by atoms with Crippen LogP contribution in [-0.4, -0.2) is 49.6 Å². The summed E-state index contributed by atoms with van der Waals surface area (Å²) in [5.41, 5.74) is 0.912. The van der Waals surface area contributed by atoms with Crippen molar-refractivity contribution in [2.45, 2.75) is 64.1 Å². The Balaban J connectivity index is 1.77. The zero-order chi connectivity index (χ0) is 24.3. The minimum absolute atomic E-state index is 0.103. The van der Waals surface area contributed by atoms with Gasteiger partial charge in [-0.25, -0.2) is 0 Å². The summed E-state index contributed by atoms with van der Waals surface area (Å²) in [4.78, 5) is 28.3. The SMILES string of the molecule is CC[C@H](C(=O)NC1CCCCC1)N(Cc1ccc(OC)cc1)C(=O)COc1ccccc1OC. The highest BCUT2D eigenvalue weighted by atomic mass is 16.5. The number of hydrogen-bond acceptors (Lipinski definition) is 5. The average Bonchev–Trinajstić information content (AvgIpc) is 2.88. The highest BCUT2D eigenvalue weighted by Gasteiger charge is 2.30. The molecule has 2 aromatic carbocycles. The monoisotopic (exact) mass is 468 g/mol. The molecule has 0 aromatic heterocycles. The Bertz CT molecular complexity index is 925. The summed E-state index contributed by atoms with van der Waals surface area (Å²) in [5, 5.41) is 3.19. The molecule has 1 fully saturated rings. The van der Waals surface area contributed by atoms with E-state index in [0.29, 0.717) is 24.5 Å². The van der Waals surface area contributed by atoms with Crippen LogP contribution in [0.2, 0.25) is 0 Å². The fourth-order valence-corrected chi connectivity index (χ4v) is 4.35. The van der Waals surface area contributed by atoms with Crippen molar-refractivity contribution in [2.24, 2.45) is 0 Å². The van der Waals surface area contributed by atoms with Crippen molar-refractivity contribution >= 4 is 11.8 Å². The lowest BCUT2D eigenvalue weighted by Gasteiger charge is -2.32. The summed E-state index contributed by atoms with van der Waals surface area (Å²) in [6.45, 7) is 2.04. The Morgan fingerprint density at radius 1 is 0.971 bits per heavy atom. The van der Waals surface area contributed by atoms with Gasteiger partial charge in [0.05, 0.1) is 14.2 Å². The predicted octanol–water partition coefficient (Wildman–Crippen LogP) is 4.34. The number of carbonyl (C=O) groups excluding carboxylic acids is 2. The molecule has 1 atom stereocenters. The van der Waals surface area contributed by atoms with Crippen molar-refractivity contribution in [3.63, 3.8) is 0 Å². The molecule has 2 aromatic rings. The first kappa shape index (κ1) is 25.4. The number of nitrogens with one attached hydrogen (secondary N) is 1. The van der Waals surface area contributed by atoms with E-state index in [1.54, 1.807) is 31.3 Å². The molecule has 7 nitrogen and oxygen atoms in total. The van der Waals surface area contributed by atoms with Gasteiger partial charge in [0.2, 0.25) is 5.91 Å². The van der Waals surface area contributed by atoms with Gasteiger partial charge in [0.15, 0.2) is 18.1 Å². The maximum atomic E-state index is 13.4. The van der Waals surface area contributed by atoms with Gasteiger partial charge < -0.3 is 24.4 Å². The number of ether oxygens (including phenoxy) is 3. The van der Waals surface area contributed by atoms with Gasteiger partial charge in [-0.15, -0.1) is 0 Å². The van der Waals surface area contributed by atoms with Crippen molar-refractivity contribution in [1.82, 2.24) is 10.2 Å². The van der Waals surface area contributed by atoms with E-state index in [-0.39, 0.29) is 24.5 Å². The molecule has 2 amide bonds. The Labute approximate surface area is 202 Å². The number of nitrogens with zero attached hydrogens (tertiary/aromatic N) is 1. The van der Waals surface area contributed by atoms with Crippen LogP contribution in [0.1, 0.15) is 51.0 Å². The number of methoxy groups -OCH3 is 2. The first-order valence-corrected chi connectivity index (χ1v) is 12.0. The second kappa shape index (κ2) is 12.9. The van der Waals surface area contributed by atoms with Crippen molar-refractivity contribution in [3.8, 4) is 17.2 Å². The highest BCUT2D eigenvalue weighted by molar-refractivity contribution is 5.88. The van der Waals surface area contributed by atoms with Crippen LogP contribution in [-0.2, 0) is 16.1 Å². The van der Waals surface area contributed by atoms with E-state index < -0.39 is 6.04 Å². The fourth-order valence-electron chi connectivity index (χ4n) is 4.35. The average molecular weight is 469 g/mol. The van der Waals surface area contributed by atoms with Crippen LogP contribution < -0.4 is 19.5 Å². The summed E-state index contributed by atoms with van der Waals surface area (Å²) in [6.07, 6.45) is 5.96. The van der Waals surface area contributed by atoms with Crippen LogP contribution in [0, 0.1) is 0 Å². The number of benzene rings is 2. The number of para-hydroxylation sites is 2. The summed E-state index contributed by atoms with van der Waals surface area (Å²) < 4.78 is 16.4. The van der Waals surface area contributed by atoms with E-state index in [9.17, 15) is 9.59 Å². The molecule has 1 N–H and O–H groups in total. The van der Waals surface area contributed by atoms with Crippen LogP contribution in [0.15, 0.2) is 48.5 Å². The van der Waals surface area contributed by atoms with E-state index in [2.05, 4.69) is 5.32 Å². The Morgan fingerprint density at radius 3 is 2.26 bits per heavy atom. The molecule has 7 heteroatoms. The van der Waals surface area contributed by atoms with Gasteiger partial charge in [0.25, 0.3) is 5.91 Å². The molecule has 0 aliphatic heterocycles. The third-order valence-electron chi connectivity index (χ3n) is 6.27. The van der Waals surface area contributed by atoms with Gasteiger partial charge >= 0.3 is 0 Å². The summed E-state index contributed by atoms with van der Waals surface area (Å²) in [5.74, 6) is 1.42. The maximum Gasteiger partial charge on any atom is 0.261 e. The van der Waals surface area contributed by atoms with Crippen LogP contribution in [0.3, 0.4) is 0 Å². The molecule has 0 unspecified atom stereocenters. The van der Waals surface area contributed by atoms with E-state index in [1.165, 1.54) is 6.42 Å². The second-order valence-electron chi connectivity index (χ2n) is 8.58. The largest absolute Gasteiger partial charge is 0.497 e. The van der Waals surface area contributed by atoms with Crippen molar-refractivity contribution in [2.75, 3.05) is 20.8 Å². The lowest BCUT2D eigenvalue weighted by atomic mass is 9.95. The molecular weight excluding hydrogens is 432 g/mol. The lowest BCUT2D eigenvalue weighted by molar-refractivity contribution is -0.143. The molecule has 0 saturated heterocycles. The van der Waals surface area contributed by atoms with Crippen molar-refractivity contribution in [3.05, 3.63) is 54.1 Å². The number of carbonyl (C=O) groups is 2. The molecule has 1 aliphatic rings. The van der Waals surface area contributed by atoms with Crippen molar-refractivity contribution < 1.29 is 23.8 Å².